The second-order valence-electron chi connectivity index (χ2n) is 15.0. The molecule has 424 valence electrons. The first-order valence-corrected chi connectivity index (χ1v) is 24.9. The Morgan fingerprint density at radius 2 is 0.622 bits per heavy atom. The minimum atomic E-state index is -0.529. The molecule has 0 heterocycles. The van der Waals surface area contributed by atoms with Crippen LogP contribution in [-0.2, 0) is 90.0 Å². The fourth-order valence-electron chi connectivity index (χ4n) is 5.79. The summed E-state index contributed by atoms with van der Waals surface area (Å²) in [6.07, 6.45) is 5.58. The van der Waals surface area contributed by atoms with Crippen molar-refractivity contribution in [3.63, 3.8) is 0 Å². The maximum Gasteiger partial charge on any atom is 0.338 e. The van der Waals surface area contributed by atoms with Crippen molar-refractivity contribution >= 4 is 5.97 Å². The molecule has 0 spiro atoms. The van der Waals surface area contributed by atoms with Gasteiger partial charge in [-0.2, -0.15) is 0 Å². The maximum atomic E-state index is 12.8. The molecule has 0 N–H and O–H groups in total. The molecule has 0 aromatic heterocycles. The number of rotatable bonds is 56. The normalized spacial score (nSPS) is 11.3. The van der Waals surface area contributed by atoms with Crippen LogP contribution in [0.3, 0.4) is 0 Å². The Hall–Kier alpha value is -3.65. The summed E-state index contributed by atoms with van der Waals surface area (Å²) in [6.45, 7) is 14.6. The van der Waals surface area contributed by atoms with Crippen LogP contribution in [0.5, 0.6) is 11.5 Å². The number of methoxy groups -OCH3 is 3. The molecule has 0 saturated heterocycles. The molecule has 22 nitrogen and oxygen atoms in total. The SMILES string of the molecule is C#Cc1ccc(-c2ccc(C(=O)OCCOCCOCCOCCOCCOCCOCCOCCOCCOCCOCCOCCOCCOCCOCCOCCOC)cc2OCOC)c(OCOC)c1. The van der Waals surface area contributed by atoms with E-state index in [0.29, 0.717) is 232 Å². The average Bonchev–Trinajstić information content (AvgIpc) is 3.42. The number of terminal acetylenes is 1. The zero-order valence-electron chi connectivity index (χ0n) is 44.1. The highest BCUT2D eigenvalue weighted by atomic mass is 16.7. The molecule has 0 aliphatic rings. The van der Waals surface area contributed by atoms with E-state index in [1.807, 2.05) is 6.07 Å². The summed E-state index contributed by atoms with van der Waals surface area (Å²) in [5.41, 5.74) is 2.30. The Kier molecular flexibility index (Phi) is 46.2. The van der Waals surface area contributed by atoms with E-state index in [9.17, 15) is 4.79 Å². The van der Waals surface area contributed by atoms with E-state index in [-0.39, 0.29) is 26.8 Å². The van der Waals surface area contributed by atoms with Gasteiger partial charge in [0.05, 0.1) is 210 Å². The van der Waals surface area contributed by atoms with Crippen LogP contribution in [0, 0.1) is 12.3 Å². The van der Waals surface area contributed by atoms with E-state index in [0.717, 1.165) is 0 Å². The number of hydrogen-bond donors (Lipinski definition) is 0. The van der Waals surface area contributed by atoms with Gasteiger partial charge in [0, 0.05) is 38.0 Å². The van der Waals surface area contributed by atoms with Crippen molar-refractivity contribution in [1.29, 1.82) is 0 Å². The molecule has 2 rings (SSSR count). The highest BCUT2D eigenvalue weighted by molar-refractivity contribution is 5.91. The predicted molar refractivity (Wildman–Crippen MR) is 269 cm³/mol. The molecule has 22 heteroatoms. The largest absolute Gasteiger partial charge is 0.467 e. The van der Waals surface area contributed by atoms with Crippen LogP contribution < -0.4 is 9.47 Å². The summed E-state index contributed by atoms with van der Waals surface area (Å²) in [7, 11) is 4.67. The summed E-state index contributed by atoms with van der Waals surface area (Å²) in [5.74, 6) is 2.96. The van der Waals surface area contributed by atoms with Crippen LogP contribution in [0.15, 0.2) is 36.4 Å². The Bertz CT molecular complexity index is 1620. The molecular weight excluding hydrogens is 977 g/mol. The third kappa shape index (κ3) is 38.0. The van der Waals surface area contributed by atoms with Crippen LogP contribution >= 0.6 is 0 Å². The van der Waals surface area contributed by atoms with Gasteiger partial charge >= 0.3 is 5.97 Å². The number of carbonyl (C=O) groups is 1. The van der Waals surface area contributed by atoms with Crippen LogP contribution in [0.25, 0.3) is 11.1 Å². The Labute approximate surface area is 438 Å². The van der Waals surface area contributed by atoms with Crippen molar-refractivity contribution in [2.24, 2.45) is 0 Å². The van der Waals surface area contributed by atoms with Crippen molar-refractivity contribution in [2.45, 2.75) is 0 Å². The standard InChI is InChI=1S/C52H84O22/c1-5-46-6-8-48(50(42-46)73-44-55-3)49-9-7-47(43-51(49)74-45-56-4)52(53)72-41-40-71-39-38-70-37-36-69-35-34-68-33-32-67-31-30-66-29-28-65-27-26-64-25-24-63-23-22-62-21-20-61-19-18-60-17-16-59-15-14-58-13-12-57-11-10-54-2/h1,6-9,42-43H,10-41,44-45H2,2-4H3. The summed E-state index contributed by atoms with van der Waals surface area (Å²) in [5, 5.41) is 0. The number of hydrogen-bond acceptors (Lipinski definition) is 22. The van der Waals surface area contributed by atoms with Crippen molar-refractivity contribution in [1.82, 2.24) is 0 Å². The van der Waals surface area contributed by atoms with E-state index < -0.39 is 5.97 Å². The van der Waals surface area contributed by atoms with Crippen LogP contribution in [0.4, 0.5) is 0 Å². The second kappa shape index (κ2) is 51.5. The third-order valence-corrected chi connectivity index (χ3v) is 9.42. The van der Waals surface area contributed by atoms with E-state index in [1.165, 1.54) is 14.2 Å². The van der Waals surface area contributed by atoms with Crippen molar-refractivity contribution in [2.75, 3.05) is 246 Å². The first-order chi connectivity index (χ1) is 36.6. The zero-order valence-corrected chi connectivity index (χ0v) is 44.1. The van der Waals surface area contributed by atoms with Gasteiger partial charge in [-0.25, -0.2) is 4.79 Å². The topological polar surface area (TPSA) is 211 Å². The first kappa shape index (κ1) is 66.5. The minimum Gasteiger partial charge on any atom is -0.467 e. The van der Waals surface area contributed by atoms with Crippen molar-refractivity contribution in [3.8, 4) is 35.0 Å². The van der Waals surface area contributed by atoms with Gasteiger partial charge in [0.15, 0.2) is 13.6 Å². The summed E-state index contributed by atoms with van der Waals surface area (Å²) in [6, 6.07) is 10.3. The lowest BCUT2D eigenvalue weighted by atomic mass is 10.00. The minimum absolute atomic E-state index is 0.0226. The summed E-state index contributed by atoms with van der Waals surface area (Å²) in [4.78, 5) is 12.8. The van der Waals surface area contributed by atoms with Gasteiger partial charge in [-0.1, -0.05) is 5.92 Å². The van der Waals surface area contributed by atoms with Gasteiger partial charge in [-0.05, 0) is 36.4 Å². The molecular formula is C52H84O22. The molecule has 0 unspecified atom stereocenters. The fourth-order valence-corrected chi connectivity index (χ4v) is 5.79. The lowest BCUT2D eigenvalue weighted by Crippen LogP contribution is -2.16. The molecule has 2 aromatic rings. The maximum absolute atomic E-state index is 12.8. The van der Waals surface area contributed by atoms with Crippen molar-refractivity contribution < 1.29 is 104 Å². The van der Waals surface area contributed by atoms with E-state index >= 15 is 0 Å². The quantitative estimate of drug-likeness (QED) is 0.0402. The van der Waals surface area contributed by atoms with E-state index in [2.05, 4.69) is 5.92 Å². The molecule has 0 saturated carbocycles. The molecule has 2 aromatic carbocycles. The van der Waals surface area contributed by atoms with Gasteiger partial charge in [-0.3, -0.25) is 0 Å². The molecule has 0 amide bonds. The van der Waals surface area contributed by atoms with Crippen LogP contribution in [-0.4, -0.2) is 252 Å². The highest BCUT2D eigenvalue weighted by Crippen LogP contribution is 2.38. The molecule has 0 aliphatic carbocycles. The second-order valence-corrected chi connectivity index (χ2v) is 15.0. The molecule has 0 radical (unpaired) electrons. The summed E-state index contributed by atoms with van der Waals surface area (Å²) < 4.78 is 114. The van der Waals surface area contributed by atoms with Crippen LogP contribution in [0.2, 0.25) is 0 Å². The monoisotopic (exact) mass is 1060 g/mol. The van der Waals surface area contributed by atoms with Crippen LogP contribution in [0.1, 0.15) is 15.9 Å². The zero-order chi connectivity index (χ0) is 52.9. The molecule has 0 atom stereocenters. The van der Waals surface area contributed by atoms with Gasteiger partial charge in [-0.15, -0.1) is 6.42 Å². The fraction of sp³-hybridized carbons (Fsp3) is 0.712. The number of carbonyl (C=O) groups excluding carboxylic acids is 1. The Balaban J connectivity index is 1.26. The molecule has 0 aliphatic heterocycles. The van der Waals surface area contributed by atoms with Gasteiger partial charge < -0.3 is 99.5 Å². The summed E-state index contributed by atoms with van der Waals surface area (Å²) >= 11 is 0. The van der Waals surface area contributed by atoms with Crippen molar-refractivity contribution in [3.05, 3.63) is 47.5 Å². The lowest BCUT2D eigenvalue weighted by molar-refractivity contribution is -0.0304. The molecule has 0 bridgehead atoms. The van der Waals surface area contributed by atoms with E-state index in [1.54, 1.807) is 37.4 Å². The molecule has 74 heavy (non-hydrogen) atoms. The predicted octanol–water partition coefficient (Wildman–Crippen LogP) is 3.35. The number of esters is 1. The molecule has 0 fully saturated rings. The highest BCUT2D eigenvalue weighted by Gasteiger charge is 2.17. The van der Waals surface area contributed by atoms with Gasteiger partial charge in [0.1, 0.15) is 18.1 Å². The van der Waals surface area contributed by atoms with Gasteiger partial charge in [0.2, 0.25) is 0 Å². The first-order valence-electron chi connectivity index (χ1n) is 24.9. The van der Waals surface area contributed by atoms with E-state index in [4.69, 9.17) is 106 Å². The van der Waals surface area contributed by atoms with Gasteiger partial charge in [0.25, 0.3) is 0 Å². The lowest BCUT2D eigenvalue weighted by Gasteiger charge is -2.16. The third-order valence-electron chi connectivity index (χ3n) is 9.42. The Morgan fingerprint density at radius 3 is 0.905 bits per heavy atom. The number of ether oxygens (including phenoxy) is 21. The smallest absolute Gasteiger partial charge is 0.338 e. The number of benzene rings is 2. The average molecular weight is 1060 g/mol. The Morgan fingerprint density at radius 1 is 0.351 bits per heavy atom.